The predicted molar refractivity (Wildman–Crippen MR) is 114 cm³/mol. The van der Waals surface area contributed by atoms with E-state index in [-0.39, 0.29) is 28.7 Å². The van der Waals surface area contributed by atoms with Crippen LogP contribution in [0.1, 0.15) is 43.9 Å². The van der Waals surface area contributed by atoms with Gasteiger partial charge in [-0.15, -0.1) is 0 Å². The Hall–Kier alpha value is -2.65. The molecule has 0 radical (unpaired) electrons. The number of alkyl halides is 3. The fourth-order valence-corrected chi connectivity index (χ4v) is 3.32. The Morgan fingerprint density at radius 3 is 2.45 bits per heavy atom. The number of aliphatic hydroxyl groups is 1. The molecule has 9 heteroatoms. The van der Waals surface area contributed by atoms with E-state index in [1.54, 1.807) is 13.0 Å². The van der Waals surface area contributed by atoms with Gasteiger partial charge in [-0.25, -0.2) is 4.98 Å². The van der Waals surface area contributed by atoms with Crippen LogP contribution in [0.4, 0.5) is 19.0 Å². The Morgan fingerprint density at radius 1 is 1.29 bits per heavy atom. The third-order valence-electron chi connectivity index (χ3n) is 4.72. The summed E-state index contributed by atoms with van der Waals surface area (Å²) in [5.41, 5.74) is 6.53. The van der Waals surface area contributed by atoms with Crippen LogP contribution in [0.2, 0.25) is 0 Å². The quantitative estimate of drug-likeness (QED) is 0.615. The van der Waals surface area contributed by atoms with Crippen molar-refractivity contribution in [2.45, 2.75) is 52.4 Å². The lowest BCUT2D eigenvalue weighted by Gasteiger charge is -2.16. The highest BCUT2D eigenvalue weighted by molar-refractivity contribution is 6.07. The highest BCUT2D eigenvalue weighted by atomic mass is 19.4. The van der Waals surface area contributed by atoms with Gasteiger partial charge in [0.2, 0.25) is 0 Å². The number of aromatic nitrogens is 1. The number of phenolic OH excluding ortho intramolecular Hbond substituents is 1. The average molecular weight is 439 g/mol. The number of halogens is 3. The highest BCUT2D eigenvalue weighted by Gasteiger charge is 2.32. The molecular formula is C22H28F3N3O3. The van der Waals surface area contributed by atoms with E-state index < -0.39 is 23.6 Å². The number of pyridine rings is 1. The molecule has 1 aromatic heterocycles. The lowest BCUT2D eigenvalue weighted by molar-refractivity contribution is -0.137. The van der Waals surface area contributed by atoms with Gasteiger partial charge in [-0.1, -0.05) is 13.8 Å². The first-order valence-corrected chi connectivity index (χ1v) is 10.1. The number of aromatic hydroxyl groups is 1. The molecule has 2 atom stereocenters. The van der Waals surface area contributed by atoms with Crippen LogP contribution in [0.5, 0.6) is 5.75 Å². The monoisotopic (exact) mass is 439 g/mol. The number of anilines is 1. The van der Waals surface area contributed by atoms with Crippen molar-refractivity contribution in [3.63, 3.8) is 0 Å². The number of nitrogens with zero attached hydrogens (tertiary/aromatic N) is 2. The van der Waals surface area contributed by atoms with Gasteiger partial charge in [-0.2, -0.15) is 13.2 Å². The van der Waals surface area contributed by atoms with Gasteiger partial charge in [0.1, 0.15) is 11.6 Å². The second kappa shape index (κ2) is 10.1. The number of aryl methyl sites for hydroxylation is 1. The zero-order valence-electron chi connectivity index (χ0n) is 18.0. The lowest BCUT2D eigenvalue weighted by atomic mass is 9.98. The van der Waals surface area contributed by atoms with E-state index in [2.05, 4.69) is 9.98 Å². The third-order valence-corrected chi connectivity index (χ3v) is 4.72. The van der Waals surface area contributed by atoms with Crippen LogP contribution < -0.4 is 5.73 Å². The minimum Gasteiger partial charge on any atom is -0.507 e. The molecule has 1 aliphatic rings. The summed E-state index contributed by atoms with van der Waals surface area (Å²) in [6, 6.07) is 4.65. The Bertz CT molecular complexity index is 914. The van der Waals surface area contributed by atoms with E-state index >= 15 is 0 Å². The summed E-state index contributed by atoms with van der Waals surface area (Å²) in [5.74, 6) is -0.482. The van der Waals surface area contributed by atoms with Gasteiger partial charge in [0.25, 0.3) is 0 Å². The summed E-state index contributed by atoms with van der Waals surface area (Å²) in [7, 11) is 0. The molecule has 4 N–H and O–H groups in total. The van der Waals surface area contributed by atoms with Crippen LogP contribution in [-0.4, -0.2) is 46.3 Å². The highest BCUT2D eigenvalue weighted by Crippen LogP contribution is 2.38. The fraction of sp³-hybridized carbons (Fsp3) is 0.455. The van der Waals surface area contributed by atoms with Crippen LogP contribution in [-0.2, 0) is 10.9 Å². The average Bonchev–Trinajstić information content (AvgIpc) is 3.20. The third kappa shape index (κ3) is 5.74. The topological polar surface area (TPSA) is 101 Å². The molecule has 2 unspecified atom stereocenters. The van der Waals surface area contributed by atoms with Crippen LogP contribution >= 0.6 is 0 Å². The van der Waals surface area contributed by atoms with Crippen molar-refractivity contribution in [1.29, 1.82) is 0 Å². The van der Waals surface area contributed by atoms with Crippen molar-refractivity contribution in [3.8, 4) is 17.0 Å². The summed E-state index contributed by atoms with van der Waals surface area (Å²) in [6.45, 7) is 8.08. The Morgan fingerprint density at radius 2 is 1.97 bits per heavy atom. The molecule has 3 rings (SSSR count). The number of hydrogen-bond donors (Lipinski definition) is 3. The van der Waals surface area contributed by atoms with Crippen LogP contribution in [0.25, 0.3) is 11.3 Å². The summed E-state index contributed by atoms with van der Waals surface area (Å²) < 4.78 is 44.1. The number of nitrogen functional groups attached to an aromatic ring is 1. The molecule has 1 aromatic carbocycles. The van der Waals surface area contributed by atoms with Crippen molar-refractivity contribution >= 4 is 11.5 Å². The molecule has 170 valence electrons. The first kappa shape index (κ1) is 24.6. The van der Waals surface area contributed by atoms with Gasteiger partial charge in [-0.3, -0.25) is 4.99 Å². The van der Waals surface area contributed by atoms with Crippen molar-refractivity contribution in [3.05, 3.63) is 41.0 Å². The number of rotatable bonds is 4. The molecule has 0 bridgehead atoms. The number of aliphatic imine (C=N–C) groups is 1. The lowest BCUT2D eigenvalue weighted by Crippen LogP contribution is -2.23. The predicted octanol–water partition coefficient (Wildman–Crippen LogP) is 4.35. The molecule has 0 aliphatic carbocycles. The normalized spacial score (nSPS) is 17.8. The SMILES string of the molecule is CC.Cc1cc(C(F)(F)F)cc(O)c1-c1ccc(C(=NC2CCOC2)C(C)O)c(N)n1. The number of aliphatic hydroxyl groups excluding tert-OH is 1. The fourth-order valence-electron chi connectivity index (χ4n) is 3.32. The number of hydrogen-bond acceptors (Lipinski definition) is 6. The Kier molecular flexibility index (Phi) is 8.02. The van der Waals surface area contributed by atoms with Gasteiger partial charge in [0.05, 0.1) is 35.7 Å². The molecule has 0 spiro atoms. The number of nitrogens with two attached hydrogens (primary N) is 1. The zero-order chi connectivity index (χ0) is 23.3. The van der Waals surface area contributed by atoms with E-state index in [1.165, 1.54) is 13.0 Å². The van der Waals surface area contributed by atoms with E-state index in [0.717, 1.165) is 12.5 Å². The second-order valence-electron chi connectivity index (χ2n) is 7.02. The van der Waals surface area contributed by atoms with Gasteiger partial charge < -0.3 is 20.7 Å². The Labute approximate surface area is 179 Å². The van der Waals surface area contributed by atoms with Gasteiger partial charge in [0, 0.05) is 17.7 Å². The van der Waals surface area contributed by atoms with Crippen molar-refractivity contribution in [1.82, 2.24) is 4.98 Å². The second-order valence-corrected chi connectivity index (χ2v) is 7.02. The maximum atomic E-state index is 12.9. The molecule has 1 fully saturated rings. The molecule has 6 nitrogen and oxygen atoms in total. The minimum absolute atomic E-state index is 0.0553. The molecule has 2 aromatic rings. The largest absolute Gasteiger partial charge is 0.507 e. The smallest absolute Gasteiger partial charge is 0.416 e. The Balaban J connectivity index is 0.00000166. The summed E-state index contributed by atoms with van der Waals surface area (Å²) in [5, 5.41) is 20.3. The van der Waals surface area contributed by atoms with Crippen molar-refractivity contribution in [2.75, 3.05) is 18.9 Å². The van der Waals surface area contributed by atoms with E-state index in [1.807, 2.05) is 13.8 Å². The molecule has 1 aliphatic heterocycles. The summed E-state index contributed by atoms with van der Waals surface area (Å²) >= 11 is 0. The number of ether oxygens (including phenoxy) is 1. The van der Waals surface area contributed by atoms with E-state index in [9.17, 15) is 23.4 Å². The van der Waals surface area contributed by atoms with Crippen LogP contribution in [0.3, 0.4) is 0 Å². The van der Waals surface area contributed by atoms with E-state index in [0.29, 0.717) is 30.6 Å². The molecule has 2 heterocycles. The number of phenols is 1. The van der Waals surface area contributed by atoms with Crippen molar-refractivity contribution in [2.24, 2.45) is 4.99 Å². The minimum atomic E-state index is -4.57. The molecule has 1 saturated heterocycles. The molecule has 0 saturated carbocycles. The molecule has 31 heavy (non-hydrogen) atoms. The molecular weight excluding hydrogens is 411 g/mol. The standard InChI is InChI=1S/C20H22F3N3O3.C2H6/c1-10-7-12(20(21,22)23)8-16(28)17(10)15-4-3-14(19(24)26-15)18(11(2)27)25-13-5-6-29-9-13;1-2/h3-4,7-8,11,13,27-28H,5-6,9H2,1-2H3,(H2,24,26);1-2H3. The van der Waals surface area contributed by atoms with Crippen molar-refractivity contribution < 1.29 is 28.1 Å². The first-order chi connectivity index (χ1) is 14.6. The maximum absolute atomic E-state index is 12.9. The zero-order valence-corrected chi connectivity index (χ0v) is 18.0. The molecule has 0 amide bonds. The number of benzene rings is 1. The first-order valence-electron chi connectivity index (χ1n) is 10.1. The van der Waals surface area contributed by atoms with E-state index in [4.69, 9.17) is 10.5 Å². The maximum Gasteiger partial charge on any atom is 0.416 e. The van der Waals surface area contributed by atoms with Gasteiger partial charge in [0.15, 0.2) is 0 Å². The van der Waals surface area contributed by atoms with Crippen LogP contribution in [0, 0.1) is 6.92 Å². The van der Waals surface area contributed by atoms with Gasteiger partial charge in [-0.05, 0) is 50.1 Å². The summed E-state index contributed by atoms with van der Waals surface area (Å²) in [6.07, 6.45) is -4.73. The summed E-state index contributed by atoms with van der Waals surface area (Å²) in [4.78, 5) is 8.78. The van der Waals surface area contributed by atoms with Gasteiger partial charge >= 0.3 is 6.18 Å². The van der Waals surface area contributed by atoms with Crippen LogP contribution in [0.15, 0.2) is 29.3 Å².